The molecule has 0 aliphatic heterocycles. The molecule has 0 spiro atoms. The third-order valence-corrected chi connectivity index (χ3v) is 5.68. The molecule has 1 N–H and O–H groups in total. The van der Waals surface area contributed by atoms with Crippen molar-refractivity contribution in [2.75, 3.05) is 11.6 Å². The van der Waals surface area contributed by atoms with Crippen LogP contribution < -0.4 is 5.32 Å². The summed E-state index contributed by atoms with van der Waals surface area (Å²) in [6.45, 7) is 0.314. The molecule has 7 nitrogen and oxygen atoms in total. The van der Waals surface area contributed by atoms with Crippen molar-refractivity contribution in [3.63, 3.8) is 0 Å². The minimum absolute atomic E-state index is 0.0278. The lowest BCUT2D eigenvalue weighted by Crippen LogP contribution is -1.99. The van der Waals surface area contributed by atoms with Crippen LogP contribution in [-0.4, -0.2) is 24.6 Å². The molecule has 0 bridgehead atoms. The fourth-order valence-corrected chi connectivity index (χ4v) is 3.79. The Bertz CT molecular complexity index is 690. The quantitative estimate of drug-likeness (QED) is 0.669. The first-order valence-corrected chi connectivity index (χ1v) is 8.62. The van der Waals surface area contributed by atoms with Crippen LogP contribution in [0.4, 0.5) is 10.7 Å². The van der Waals surface area contributed by atoms with Gasteiger partial charge in [0, 0.05) is 17.7 Å². The second-order valence-corrected chi connectivity index (χ2v) is 7.66. The topological polar surface area (TPSA) is 102 Å². The fourth-order valence-electron chi connectivity index (χ4n) is 1.30. The molecule has 0 aromatic carbocycles. The van der Waals surface area contributed by atoms with E-state index in [2.05, 4.69) is 10.3 Å². The lowest BCUT2D eigenvalue weighted by atomic mass is 10.4. The Morgan fingerprint density at radius 1 is 1.53 bits per heavy atom. The van der Waals surface area contributed by atoms with E-state index >= 15 is 0 Å². The normalized spacial score (nSPS) is 11.4. The van der Waals surface area contributed by atoms with Gasteiger partial charge >= 0.3 is 5.69 Å². The number of thiophene rings is 1. The van der Waals surface area contributed by atoms with Gasteiger partial charge in [0.15, 0.2) is 14.8 Å². The van der Waals surface area contributed by atoms with E-state index in [9.17, 15) is 18.5 Å². The van der Waals surface area contributed by atoms with E-state index in [-0.39, 0.29) is 14.9 Å². The molecule has 0 aliphatic rings. The first-order chi connectivity index (χ1) is 8.88. The SMILES string of the molecule is CS(=O)(=O)c1cc([N+](=O)[O-])c(NCc2cscn2)s1. The summed E-state index contributed by atoms with van der Waals surface area (Å²) in [5.74, 6) is 0. The number of rotatable bonds is 5. The van der Waals surface area contributed by atoms with Crippen molar-refractivity contribution in [1.29, 1.82) is 0 Å². The summed E-state index contributed by atoms with van der Waals surface area (Å²) in [7, 11) is -3.45. The molecule has 102 valence electrons. The van der Waals surface area contributed by atoms with Crippen LogP contribution in [0.1, 0.15) is 5.69 Å². The van der Waals surface area contributed by atoms with Gasteiger partial charge in [0.1, 0.15) is 4.21 Å². The zero-order chi connectivity index (χ0) is 14.0. The van der Waals surface area contributed by atoms with Crippen molar-refractivity contribution in [2.45, 2.75) is 10.8 Å². The number of sulfone groups is 1. The molecular formula is C9H9N3O4S3. The van der Waals surface area contributed by atoms with E-state index in [1.807, 2.05) is 5.38 Å². The van der Waals surface area contributed by atoms with Crippen LogP contribution in [0, 0.1) is 10.1 Å². The average Bonchev–Trinajstić information content (AvgIpc) is 2.94. The van der Waals surface area contributed by atoms with Crippen LogP contribution in [0.15, 0.2) is 21.2 Å². The van der Waals surface area contributed by atoms with E-state index in [0.717, 1.165) is 29.4 Å². The molecule has 10 heteroatoms. The van der Waals surface area contributed by atoms with Gasteiger partial charge in [-0.05, 0) is 0 Å². The number of nitro groups is 1. The summed E-state index contributed by atoms with van der Waals surface area (Å²) in [6, 6.07) is 1.07. The Labute approximate surface area is 117 Å². The van der Waals surface area contributed by atoms with Crippen molar-refractivity contribution in [1.82, 2.24) is 4.98 Å². The summed E-state index contributed by atoms with van der Waals surface area (Å²) >= 11 is 2.27. The molecule has 2 rings (SSSR count). The third-order valence-electron chi connectivity index (χ3n) is 2.17. The first kappa shape index (κ1) is 13.9. The Morgan fingerprint density at radius 2 is 2.26 bits per heavy atom. The predicted octanol–water partition coefficient (Wildman–Crippen LogP) is 2.13. The molecular weight excluding hydrogens is 310 g/mol. The molecule has 0 fully saturated rings. The summed E-state index contributed by atoms with van der Waals surface area (Å²) < 4.78 is 22.8. The summed E-state index contributed by atoms with van der Waals surface area (Å²) in [6.07, 6.45) is 1.02. The highest BCUT2D eigenvalue weighted by Gasteiger charge is 2.23. The highest BCUT2D eigenvalue weighted by Crippen LogP contribution is 2.37. The van der Waals surface area contributed by atoms with E-state index in [4.69, 9.17) is 0 Å². The minimum atomic E-state index is -3.45. The third kappa shape index (κ3) is 3.28. The van der Waals surface area contributed by atoms with E-state index in [1.165, 1.54) is 11.3 Å². The van der Waals surface area contributed by atoms with Crippen molar-refractivity contribution in [2.24, 2.45) is 0 Å². The maximum Gasteiger partial charge on any atom is 0.304 e. The molecule has 0 saturated heterocycles. The molecule has 0 radical (unpaired) electrons. The highest BCUT2D eigenvalue weighted by atomic mass is 32.2. The molecule has 2 aromatic heterocycles. The summed E-state index contributed by atoms with van der Waals surface area (Å²) in [5.41, 5.74) is 2.16. The molecule has 0 unspecified atom stereocenters. The molecule has 0 amide bonds. The van der Waals surface area contributed by atoms with Gasteiger partial charge in [-0.15, -0.1) is 11.3 Å². The average molecular weight is 319 g/mol. The number of thiazole rings is 1. The maximum atomic E-state index is 11.4. The number of nitrogens with zero attached hydrogens (tertiary/aromatic N) is 2. The lowest BCUT2D eigenvalue weighted by molar-refractivity contribution is -0.383. The van der Waals surface area contributed by atoms with Gasteiger partial charge in [-0.3, -0.25) is 10.1 Å². The molecule has 2 heterocycles. The number of aromatic nitrogens is 1. The van der Waals surface area contributed by atoms with Gasteiger partial charge in [0.2, 0.25) is 0 Å². The second-order valence-electron chi connectivity index (χ2n) is 3.64. The van der Waals surface area contributed by atoms with Gasteiger partial charge < -0.3 is 5.32 Å². The predicted molar refractivity (Wildman–Crippen MR) is 73.5 cm³/mol. The smallest absolute Gasteiger partial charge is 0.304 e. The standard InChI is InChI=1S/C9H9N3O4S3/c1-19(15,16)8-2-7(12(13)14)9(18-8)10-3-6-4-17-5-11-6/h2,4-5,10H,3H2,1H3. The highest BCUT2D eigenvalue weighted by molar-refractivity contribution is 7.92. The summed E-state index contributed by atoms with van der Waals surface area (Å²) in [5, 5.41) is 15.8. The molecule has 19 heavy (non-hydrogen) atoms. The van der Waals surface area contributed by atoms with Crippen LogP contribution >= 0.6 is 22.7 Å². The van der Waals surface area contributed by atoms with Gasteiger partial charge in [-0.25, -0.2) is 13.4 Å². The van der Waals surface area contributed by atoms with Crippen molar-refractivity contribution < 1.29 is 13.3 Å². The van der Waals surface area contributed by atoms with Crippen molar-refractivity contribution >= 4 is 43.2 Å². The molecule has 0 saturated carbocycles. The van der Waals surface area contributed by atoms with Crippen LogP contribution in [0.25, 0.3) is 0 Å². The van der Waals surface area contributed by atoms with E-state index < -0.39 is 14.8 Å². The van der Waals surface area contributed by atoms with Gasteiger partial charge in [0.25, 0.3) is 0 Å². The Hall–Kier alpha value is -1.52. The molecule has 2 aromatic rings. The lowest BCUT2D eigenvalue weighted by Gasteiger charge is -2.00. The van der Waals surface area contributed by atoms with Crippen LogP contribution in [0.5, 0.6) is 0 Å². The second kappa shape index (κ2) is 5.23. The number of anilines is 1. The minimum Gasteiger partial charge on any atom is -0.366 e. The Kier molecular flexibility index (Phi) is 3.83. The zero-order valence-corrected chi connectivity index (χ0v) is 12.1. The molecule has 0 atom stereocenters. The summed E-state index contributed by atoms with van der Waals surface area (Å²) in [4.78, 5) is 14.3. The largest absolute Gasteiger partial charge is 0.366 e. The number of hydrogen-bond acceptors (Lipinski definition) is 8. The van der Waals surface area contributed by atoms with Crippen LogP contribution in [-0.2, 0) is 16.4 Å². The maximum absolute atomic E-state index is 11.4. The van der Waals surface area contributed by atoms with Crippen molar-refractivity contribution in [3.8, 4) is 0 Å². The molecule has 0 aliphatic carbocycles. The Balaban J connectivity index is 2.28. The van der Waals surface area contributed by atoms with Gasteiger partial charge in [-0.2, -0.15) is 0 Å². The fraction of sp³-hybridized carbons (Fsp3) is 0.222. The Morgan fingerprint density at radius 3 is 2.79 bits per heavy atom. The van der Waals surface area contributed by atoms with Crippen LogP contribution in [0.3, 0.4) is 0 Å². The van der Waals surface area contributed by atoms with Crippen LogP contribution in [0.2, 0.25) is 0 Å². The monoisotopic (exact) mass is 319 g/mol. The van der Waals surface area contributed by atoms with E-state index in [1.54, 1.807) is 5.51 Å². The van der Waals surface area contributed by atoms with Gasteiger partial charge in [0.05, 0.1) is 22.7 Å². The van der Waals surface area contributed by atoms with E-state index in [0.29, 0.717) is 6.54 Å². The van der Waals surface area contributed by atoms with Crippen molar-refractivity contribution in [3.05, 3.63) is 32.8 Å². The number of hydrogen-bond donors (Lipinski definition) is 1. The number of nitrogens with one attached hydrogen (secondary N) is 1. The zero-order valence-electron chi connectivity index (χ0n) is 9.69. The first-order valence-electron chi connectivity index (χ1n) is 4.97. The van der Waals surface area contributed by atoms with Gasteiger partial charge in [-0.1, -0.05) is 11.3 Å².